The van der Waals surface area contributed by atoms with Crippen molar-refractivity contribution in [3.63, 3.8) is 0 Å². The zero-order valence-corrected chi connectivity index (χ0v) is 13.6. The number of hydrogen-bond donors (Lipinski definition) is 1. The zero-order chi connectivity index (χ0) is 17.0. The number of aromatic nitrogens is 3. The van der Waals surface area contributed by atoms with Gasteiger partial charge in [0.05, 0.1) is 6.61 Å². The number of rotatable bonds is 7. The number of nitrogens with zero attached hydrogens (tertiary/aromatic N) is 4. The Morgan fingerprint density at radius 2 is 2.05 bits per heavy atom. The van der Waals surface area contributed by atoms with E-state index in [9.17, 15) is 22.0 Å². The fourth-order valence-corrected chi connectivity index (χ4v) is 3.47. The van der Waals surface area contributed by atoms with E-state index in [4.69, 9.17) is 5.11 Å². The maximum Gasteiger partial charge on any atom is 0.400 e. The molecule has 0 saturated heterocycles. The van der Waals surface area contributed by atoms with Crippen LogP contribution in [0.2, 0.25) is 0 Å². The summed E-state index contributed by atoms with van der Waals surface area (Å²) in [6.45, 7) is 3.50. The van der Waals surface area contributed by atoms with E-state index in [1.54, 1.807) is 13.8 Å². The van der Waals surface area contributed by atoms with Gasteiger partial charge in [-0.1, -0.05) is 11.8 Å². The minimum atomic E-state index is -5.16. The van der Waals surface area contributed by atoms with Crippen LogP contribution in [0.15, 0.2) is 11.5 Å². The molecule has 1 aromatic heterocycles. The van der Waals surface area contributed by atoms with Crippen LogP contribution in [0.3, 0.4) is 0 Å². The first kappa shape index (κ1) is 18.8. The third-order valence-corrected chi connectivity index (χ3v) is 5.64. The molecule has 0 radical (unpaired) electrons. The Morgan fingerprint density at radius 3 is 2.55 bits per heavy atom. The van der Waals surface area contributed by atoms with Crippen LogP contribution in [0.5, 0.6) is 0 Å². The highest BCUT2D eigenvalue weighted by Crippen LogP contribution is 2.37. The molecule has 1 aromatic rings. The number of alkyl halides is 2. The summed E-state index contributed by atoms with van der Waals surface area (Å²) in [6.07, 6.45) is 0.778. The second kappa shape index (κ2) is 7.33. The summed E-state index contributed by atoms with van der Waals surface area (Å²) in [5, 5.41) is 10.7. The Hall–Kier alpha value is -1.27. The lowest BCUT2D eigenvalue weighted by atomic mass is 10.5. The van der Waals surface area contributed by atoms with Crippen LogP contribution < -0.4 is 0 Å². The van der Waals surface area contributed by atoms with Gasteiger partial charge in [-0.3, -0.25) is 0 Å². The quantitative estimate of drug-likeness (QED) is 0.762. The van der Waals surface area contributed by atoms with E-state index in [0.29, 0.717) is 17.8 Å². The molecule has 1 amide bonds. The van der Waals surface area contributed by atoms with Gasteiger partial charge in [-0.15, -0.1) is 5.10 Å². The number of hydrogen-bond acceptors (Lipinski definition) is 7. The molecule has 0 aromatic carbocycles. The number of amides is 1. The Morgan fingerprint density at radius 1 is 1.45 bits per heavy atom. The van der Waals surface area contributed by atoms with Gasteiger partial charge in [0.15, 0.2) is 0 Å². The van der Waals surface area contributed by atoms with Crippen molar-refractivity contribution >= 4 is 27.6 Å². The van der Waals surface area contributed by atoms with Gasteiger partial charge in [-0.25, -0.2) is 18.2 Å². The minimum absolute atomic E-state index is 0.242. The Kier molecular flexibility index (Phi) is 6.26. The summed E-state index contributed by atoms with van der Waals surface area (Å²) in [5.41, 5.74) is 0. The number of aliphatic hydroxyl groups is 1. The van der Waals surface area contributed by atoms with Crippen molar-refractivity contribution in [2.45, 2.75) is 23.6 Å². The fourth-order valence-electron chi connectivity index (χ4n) is 1.45. The van der Waals surface area contributed by atoms with Gasteiger partial charge in [0.2, 0.25) is 0 Å². The summed E-state index contributed by atoms with van der Waals surface area (Å²) >= 11 is -0.242. The van der Waals surface area contributed by atoms with Gasteiger partial charge in [0.25, 0.3) is 15.0 Å². The standard InChI is InChI=1S/C10H16F2N4O4S2/c1-3-15(4-2)9(18)16-7-13-8(14-16)22(19,20)10(11,12)21-6-5-17/h7,17H,3-6H2,1-2H3. The molecule has 1 N–H and O–H groups in total. The Labute approximate surface area is 130 Å². The number of thioether (sulfide) groups is 1. The summed E-state index contributed by atoms with van der Waals surface area (Å²) in [7, 11) is -5.16. The van der Waals surface area contributed by atoms with Crippen molar-refractivity contribution < 1.29 is 27.1 Å². The first-order valence-corrected chi connectivity index (χ1v) is 8.76. The maximum absolute atomic E-state index is 13.7. The highest BCUT2D eigenvalue weighted by Gasteiger charge is 2.49. The van der Waals surface area contributed by atoms with Crippen LogP contribution in [-0.4, -0.2) is 69.3 Å². The molecular weight excluding hydrogens is 342 g/mol. The van der Waals surface area contributed by atoms with E-state index in [1.165, 1.54) is 4.90 Å². The number of carbonyl (C=O) groups is 1. The lowest BCUT2D eigenvalue weighted by Crippen LogP contribution is -2.35. The predicted octanol–water partition coefficient (Wildman–Crippen LogP) is 0.637. The van der Waals surface area contributed by atoms with Crippen molar-refractivity contribution in [3.05, 3.63) is 6.33 Å². The molecule has 1 rings (SSSR count). The van der Waals surface area contributed by atoms with Gasteiger partial charge >= 0.3 is 10.6 Å². The number of halogens is 2. The number of aliphatic hydroxyl groups excluding tert-OH is 1. The van der Waals surface area contributed by atoms with E-state index in [-0.39, 0.29) is 11.8 Å². The first-order valence-electron chi connectivity index (χ1n) is 6.29. The van der Waals surface area contributed by atoms with Crippen molar-refractivity contribution in [2.75, 3.05) is 25.4 Å². The summed E-state index contributed by atoms with van der Waals surface area (Å²) in [5.74, 6) is -0.467. The Bertz CT molecular complexity index is 616. The molecule has 12 heteroatoms. The van der Waals surface area contributed by atoms with Crippen molar-refractivity contribution in [2.24, 2.45) is 0 Å². The Balaban J connectivity index is 3.07. The van der Waals surface area contributed by atoms with E-state index in [2.05, 4.69) is 10.1 Å². The average molecular weight is 358 g/mol. The van der Waals surface area contributed by atoms with Crippen LogP contribution >= 0.6 is 11.8 Å². The van der Waals surface area contributed by atoms with Crippen LogP contribution in [0, 0.1) is 0 Å². The molecule has 0 bridgehead atoms. The van der Waals surface area contributed by atoms with Crippen LogP contribution in [0.1, 0.15) is 13.8 Å². The highest BCUT2D eigenvalue weighted by atomic mass is 32.3. The van der Waals surface area contributed by atoms with Crippen LogP contribution in [0.25, 0.3) is 0 Å². The first-order chi connectivity index (χ1) is 10.2. The monoisotopic (exact) mass is 358 g/mol. The molecular formula is C10H16F2N4O4S2. The molecule has 22 heavy (non-hydrogen) atoms. The van der Waals surface area contributed by atoms with Gasteiger partial charge in [0, 0.05) is 18.8 Å². The van der Waals surface area contributed by atoms with Crippen molar-refractivity contribution in [1.29, 1.82) is 0 Å². The average Bonchev–Trinajstić information content (AvgIpc) is 2.96. The topological polar surface area (TPSA) is 105 Å². The maximum atomic E-state index is 13.7. The molecule has 0 aliphatic rings. The molecule has 1 heterocycles. The molecule has 0 unspecified atom stereocenters. The van der Waals surface area contributed by atoms with E-state index < -0.39 is 38.0 Å². The molecule has 0 spiro atoms. The number of sulfone groups is 1. The predicted molar refractivity (Wildman–Crippen MR) is 75.4 cm³/mol. The lowest BCUT2D eigenvalue weighted by molar-refractivity contribution is 0.193. The van der Waals surface area contributed by atoms with Crippen LogP contribution in [-0.2, 0) is 9.84 Å². The van der Waals surface area contributed by atoms with E-state index in [1.807, 2.05) is 0 Å². The minimum Gasteiger partial charge on any atom is -0.396 e. The van der Waals surface area contributed by atoms with Gasteiger partial charge in [-0.05, 0) is 13.8 Å². The summed E-state index contributed by atoms with van der Waals surface area (Å²) < 4.78 is 47.3. The normalized spacial score (nSPS) is 12.4. The second-order valence-electron chi connectivity index (χ2n) is 3.97. The zero-order valence-electron chi connectivity index (χ0n) is 11.9. The molecule has 0 saturated carbocycles. The largest absolute Gasteiger partial charge is 0.400 e. The SMILES string of the molecule is CCN(CC)C(=O)n1cnc(S(=O)(=O)C(F)(F)SCCO)n1. The third-order valence-electron chi connectivity index (χ3n) is 2.62. The van der Waals surface area contributed by atoms with Crippen molar-refractivity contribution in [3.8, 4) is 0 Å². The molecule has 8 nitrogen and oxygen atoms in total. The van der Waals surface area contributed by atoms with E-state index >= 15 is 0 Å². The molecule has 0 atom stereocenters. The smallest absolute Gasteiger partial charge is 0.396 e. The van der Waals surface area contributed by atoms with Gasteiger partial charge in [0.1, 0.15) is 6.33 Å². The van der Waals surface area contributed by atoms with Gasteiger partial charge < -0.3 is 10.0 Å². The second-order valence-corrected chi connectivity index (χ2v) is 7.32. The molecule has 0 aliphatic heterocycles. The fraction of sp³-hybridized carbons (Fsp3) is 0.700. The van der Waals surface area contributed by atoms with Crippen molar-refractivity contribution in [1.82, 2.24) is 19.7 Å². The highest BCUT2D eigenvalue weighted by molar-refractivity contribution is 8.14. The molecule has 126 valence electrons. The van der Waals surface area contributed by atoms with E-state index in [0.717, 1.165) is 6.33 Å². The van der Waals surface area contributed by atoms with Gasteiger partial charge in [-0.2, -0.15) is 13.5 Å². The van der Waals surface area contributed by atoms with Crippen LogP contribution in [0.4, 0.5) is 13.6 Å². The summed E-state index contributed by atoms with van der Waals surface area (Å²) in [4.78, 5) is 16.6. The molecule has 0 aliphatic carbocycles. The lowest BCUT2D eigenvalue weighted by Gasteiger charge is -2.17. The summed E-state index contributed by atoms with van der Waals surface area (Å²) in [6, 6.07) is -0.662. The molecule has 0 fully saturated rings. The third kappa shape index (κ3) is 3.73. The number of carbonyl (C=O) groups excluding carboxylic acids is 1.